The van der Waals surface area contributed by atoms with Crippen molar-refractivity contribution in [1.29, 1.82) is 0 Å². The van der Waals surface area contributed by atoms with E-state index < -0.39 is 12.1 Å². The predicted octanol–water partition coefficient (Wildman–Crippen LogP) is 1.18. The van der Waals surface area contributed by atoms with E-state index >= 15 is 0 Å². The Morgan fingerprint density at radius 2 is 1.91 bits per heavy atom. The Morgan fingerprint density at radius 1 is 1.36 bits per heavy atom. The van der Waals surface area contributed by atoms with Crippen molar-refractivity contribution in [3.05, 3.63) is 35.9 Å². The molecule has 0 saturated heterocycles. The number of halogens is 1. The molecule has 2 N–H and O–H groups in total. The van der Waals surface area contributed by atoms with E-state index in [1.807, 2.05) is 0 Å². The van der Waals surface area contributed by atoms with Gasteiger partial charge in [-0.25, -0.2) is 4.39 Å². The number of benzene rings is 1. The molecule has 0 aliphatic heterocycles. The van der Waals surface area contributed by atoms with Crippen LogP contribution in [0.1, 0.15) is 11.7 Å². The summed E-state index contributed by atoms with van der Waals surface area (Å²) in [6, 6.07) is 8.11. The highest BCUT2D eigenvalue weighted by Crippen LogP contribution is 2.15. The number of alkyl halides is 1. The van der Waals surface area contributed by atoms with E-state index in [0.717, 1.165) is 0 Å². The maximum Gasteiger partial charge on any atom is 0.256 e. The number of primary amides is 1. The lowest BCUT2D eigenvalue weighted by Crippen LogP contribution is -2.17. The molecule has 0 aromatic heterocycles. The van der Waals surface area contributed by atoms with Crippen LogP contribution in [-0.4, -0.2) is 5.91 Å². The fraction of sp³-hybridized carbons (Fsp3) is 0.125. The fourth-order valence-electron chi connectivity index (χ4n) is 0.786. The van der Waals surface area contributed by atoms with Crippen molar-refractivity contribution in [2.45, 2.75) is 6.17 Å². The van der Waals surface area contributed by atoms with Gasteiger partial charge in [0.2, 0.25) is 6.17 Å². The topological polar surface area (TPSA) is 43.1 Å². The van der Waals surface area contributed by atoms with Crippen molar-refractivity contribution in [1.82, 2.24) is 0 Å². The summed E-state index contributed by atoms with van der Waals surface area (Å²) < 4.78 is 12.8. The average Bonchev–Trinajstić information content (AvgIpc) is 2.05. The van der Waals surface area contributed by atoms with Crippen molar-refractivity contribution in [3.8, 4) is 0 Å². The summed E-state index contributed by atoms with van der Waals surface area (Å²) in [5.74, 6) is -0.948. The number of nitrogens with two attached hydrogens (primary N) is 1. The molecule has 58 valence electrons. The van der Waals surface area contributed by atoms with Gasteiger partial charge in [-0.15, -0.1) is 0 Å². The second-order valence-electron chi connectivity index (χ2n) is 2.18. The summed E-state index contributed by atoms with van der Waals surface area (Å²) in [7, 11) is 0. The highest BCUT2D eigenvalue weighted by molar-refractivity contribution is 5.80. The first-order valence-corrected chi connectivity index (χ1v) is 3.20. The average molecular weight is 153 g/mol. The molecule has 1 aromatic rings. The van der Waals surface area contributed by atoms with Gasteiger partial charge in [-0.2, -0.15) is 0 Å². The first kappa shape index (κ1) is 7.72. The smallest absolute Gasteiger partial charge is 0.256 e. The highest BCUT2D eigenvalue weighted by Gasteiger charge is 2.14. The SMILES string of the molecule is NC(=O)[C@H](F)c1ccccc1. The number of carbonyl (C=O) groups is 1. The molecule has 0 unspecified atom stereocenters. The first-order chi connectivity index (χ1) is 5.22. The Labute approximate surface area is 63.8 Å². The van der Waals surface area contributed by atoms with Crippen LogP contribution in [-0.2, 0) is 4.79 Å². The Balaban J connectivity index is 2.85. The molecule has 1 rings (SSSR count). The Kier molecular flexibility index (Phi) is 2.21. The number of hydrogen-bond acceptors (Lipinski definition) is 1. The number of rotatable bonds is 2. The van der Waals surface area contributed by atoms with Crippen LogP contribution in [0.4, 0.5) is 4.39 Å². The highest BCUT2D eigenvalue weighted by atomic mass is 19.1. The van der Waals surface area contributed by atoms with E-state index in [9.17, 15) is 9.18 Å². The molecule has 0 heterocycles. The van der Waals surface area contributed by atoms with Crippen molar-refractivity contribution < 1.29 is 9.18 Å². The predicted molar refractivity (Wildman–Crippen MR) is 39.5 cm³/mol. The fourth-order valence-corrected chi connectivity index (χ4v) is 0.786. The molecule has 1 amide bonds. The summed E-state index contributed by atoms with van der Waals surface area (Å²) in [6.07, 6.45) is -1.68. The quantitative estimate of drug-likeness (QED) is 0.681. The first-order valence-electron chi connectivity index (χ1n) is 3.20. The molecular weight excluding hydrogens is 145 g/mol. The summed E-state index contributed by atoms with van der Waals surface area (Å²) in [6.45, 7) is 0. The third-order valence-electron chi connectivity index (χ3n) is 1.34. The van der Waals surface area contributed by atoms with Crippen LogP contribution in [0.5, 0.6) is 0 Å². The van der Waals surface area contributed by atoms with Crippen molar-refractivity contribution >= 4 is 5.91 Å². The minimum Gasteiger partial charge on any atom is -0.367 e. The normalized spacial score (nSPS) is 12.5. The molecule has 2 nitrogen and oxygen atoms in total. The van der Waals surface area contributed by atoms with E-state index in [1.54, 1.807) is 18.2 Å². The molecule has 0 aliphatic rings. The summed E-state index contributed by atoms with van der Waals surface area (Å²) in [5, 5.41) is 0. The van der Waals surface area contributed by atoms with Crippen LogP contribution < -0.4 is 5.73 Å². The van der Waals surface area contributed by atoms with Crippen LogP contribution in [0.3, 0.4) is 0 Å². The van der Waals surface area contributed by atoms with Gasteiger partial charge >= 0.3 is 0 Å². The molecule has 0 radical (unpaired) electrons. The lowest BCUT2D eigenvalue weighted by Gasteiger charge is -2.01. The number of amides is 1. The largest absolute Gasteiger partial charge is 0.367 e. The maximum atomic E-state index is 12.8. The number of hydrogen-bond donors (Lipinski definition) is 1. The van der Waals surface area contributed by atoms with Gasteiger partial charge < -0.3 is 5.73 Å². The second-order valence-corrected chi connectivity index (χ2v) is 2.18. The van der Waals surface area contributed by atoms with E-state index in [1.165, 1.54) is 12.1 Å². The second kappa shape index (κ2) is 3.14. The molecule has 0 saturated carbocycles. The summed E-state index contributed by atoms with van der Waals surface area (Å²) in [4.78, 5) is 10.3. The van der Waals surface area contributed by atoms with Gasteiger partial charge in [-0.3, -0.25) is 4.79 Å². The van der Waals surface area contributed by atoms with E-state index in [-0.39, 0.29) is 0 Å². The van der Waals surface area contributed by atoms with Crippen LogP contribution in [0, 0.1) is 0 Å². The summed E-state index contributed by atoms with van der Waals surface area (Å²) in [5.41, 5.74) is 5.06. The van der Waals surface area contributed by atoms with Crippen LogP contribution in [0.15, 0.2) is 30.3 Å². The van der Waals surface area contributed by atoms with Gasteiger partial charge in [-0.1, -0.05) is 30.3 Å². The van der Waals surface area contributed by atoms with Gasteiger partial charge in [-0.05, 0) is 5.56 Å². The molecule has 11 heavy (non-hydrogen) atoms. The zero-order valence-corrected chi connectivity index (χ0v) is 5.83. The molecule has 3 heteroatoms. The van der Waals surface area contributed by atoms with E-state index in [2.05, 4.69) is 0 Å². The lowest BCUT2D eigenvalue weighted by molar-refractivity contribution is -0.122. The monoisotopic (exact) mass is 153 g/mol. The zero-order chi connectivity index (χ0) is 8.27. The van der Waals surface area contributed by atoms with Gasteiger partial charge in [0.15, 0.2) is 0 Å². The van der Waals surface area contributed by atoms with Crippen molar-refractivity contribution in [3.63, 3.8) is 0 Å². The van der Waals surface area contributed by atoms with E-state index in [0.29, 0.717) is 5.56 Å². The summed E-state index contributed by atoms with van der Waals surface area (Å²) >= 11 is 0. The zero-order valence-electron chi connectivity index (χ0n) is 5.83. The Hall–Kier alpha value is -1.38. The van der Waals surface area contributed by atoms with Crippen LogP contribution in [0.2, 0.25) is 0 Å². The molecule has 0 spiro atoms. The number of carbonyl (C=O) groups excluding carboxylic acids is 1. The maximum absolute atomic E-state index is 12.8. The molecule has 1 aromatic carbocycles. The minimum absolute atomic E-state index is 0.306. The standard InChI is InChI=1S/C8H8FNO/c9-7(8(10)11)6-4-2-1-3-5-6/h1-5,7H,(H2,10,11)/t7-/m1/s1. The van der Waals surface area contributed by atoms with Crippen molar-refractivity contribution in [2.75, 3.05) is 0 Å². The van der Waals surface area contributed by atoms with Gasteiger partial charge in [0.25, 0.3) is 5.91 Å². The molecule has 0 bridgehead atoms. The van der Waals surface area contributed by atoms with Crippen LogP contribution in [0.25, 0.3) is 0 Å². The molecule has 0 aliphatic carbocycles. The van der Waals surface area contributed by atoms with Gasteiger partial charge in [0, 0.05) is 0 Å². The van der Waals surface area contributed by atoms with Gasteiger partial charge in [0.1, 0.15) is 0 Å². The van der Waals surface area contributed by atoms with Gasteiger partial charge in [0.05, 0.1) is 0 Å². The molecular formula is C8H8FNO. The Bertz CT molecular complexity index is 248. The lowest BCUT2D eigenvalue weighted by atomic mass is 10.1. The minimum atomic E-state index is -1.68. The third kappa shape index (κ3) is 1.77. The third-order valence-corrected chi connectivity index (χ3v) is 1.34. The molecule has 0 fully saturated rings. The van der Waals surface area contributed by atoms with E-state index in [4.69, 9.17) is 5.73 Å². The van der Waals surface area contributed by atoms with Crippen LogP contribution >= 0.6 is 0 Å². The van der Waals surface area contributed by atoms with Crippen molar-refractivity contribution in [2.24, 2.45) is 5.73 Å². The molecule has 1 atom stereocenters. The Morgan fingerprint density at radius 3 is 2.36 bits per heavy atom.